The van der Waals surface area contributed by atoms with E-state index in [1.165, 1.54) is 107 Å². The van der Waals surface area contributed by atoms with E-state index < -0.39 is 0 Å². The van der Waals surface area contributed by atoms with Crippen LogP contribution in [0.5, 0.6) is 0 Å². The second-order valence-corrected chi connectivity index (χ2v) is 16.7. The van der Waals surface area contributed by atoms with E-state index in [0.717, 1.165) is 0 Å². The lowest BCUT2D eigenvalue weighted by Gasteiger charge is -2.13. The predicted molar refractivity (Wildman–Crippen MR) is 245 cm³/mol. The zero-order chi connectivity index (χ0) is 37.0. The molecule has 0 saturated heterocycles. The van der Waals surface area contributed by atoms with E-state index in [4.69, 9.17) is 0 Å². The number of fused-ring (bicyclic) bond motifs is 6. The van der Waals surface area contributed by atoms with E-state index >= 15 is 0 Å². The summed E-state index contributed by atoms with van der Waals surface area (Å²) in [5, 5.41) is 5.32. The van der Waals surface area contributed by atoms with Crippen molar-refractivity contribution >= 4 is 63.0 Å². The predicted octanol–water partition coefficient (Wildman–Crippen LogP) is 16.4. The van der Waals surface area contributed by atoms with Crippen molar-refractivity contribution in [2.75, 3.05) is 0 Å². The summed E-state index contributed by atoms with van der Waals surface area (Å²) >= 11 is 3.74. The Hall–Kier alpha value is -6.58. The molecule has 0 aliphatic carbocycles. The zero-order valence-electron chi connectivity index (χ0n) is 30.4. The summed E-state index contributed by atoms with van der Waals surface area (Å²) in [7, 11) is 0. The van der Waals surface area contributed by atoms with Crippen LogP contribution in [0.4, 0.5) is 0 Å². The summed E-state index contributed by atoms with van der Waals surface area (Å²) in [6.45, 7) is 0. The first-order chi connectivity index (χ1) is 27.7. The van der Waals surface area contributed by atoms with Gasteiger partial charge in [-0.2, -0.15) is 0 Å². The second-order valence-electron chi connectivity index (χ2n) is 14.5. The third-order valence-corrected chi connectivity index (χ3v) is 13.4. The van der Waals surface area contributed by atoms with Crippen molar-refractivity contribution < 1.29 is 0 Å². The molecule has 9 aromatic carbocycles. The average molecular weight is 747 g/mol. The maximum Gasteiger partial charge on any atom is 0.0361 e. The number of hydrogen-bond donors (Lipinski definition) is 0. The summed E-state index contributed by atoms with van der Waals surface area (Å²) in [5.41, 5.74) is 14.6. The van der Waals surface area contributed by atoms with Crippen LogP contribution >= 0.6 is 22.7 Å². The van der Waals surface area contributed by atoms with E-state index in [1.807, 2.05) is 22.7 Å². The highest BCUT2D eigenvalue weighted by atomic mass is 32.1. The Morgan fingerprint density at radius 3 is 1.02 bits per heavy atom. The van der Waals surface area contributed by atoms with Crippen LogP contribution in [0.15, 0.2) is 206 Å². The van der Waals surface area contributed by atoms with Gasteiger partial charge in [0.1, 0.15) is 0 Å². The molecule has 2 heterocycles. The fourth-order valence-electron chi connectivity index (χ4n) is 8.16. The molecule has 0 aliphatic rings. The highest BCUT2D eigenvalue weighted by molar-refractivity contribution is 7.26. The summed E-state index contributed by atoms with van der Waals surface area (Å²) in [5.74, 6) is 0. The van der Waals surface area contributed by atoms with Crippen LogP contribution in [-0.2, 0) is 0 Å². The molecular weight excluding hydrogens is 713 g/mol. The highest BCUT2D eigenvalue weighted by Gasteiger charge is 2.12. The Morgan fingerprint density at radius 2 is 0.482 bits per heavy atom. The molecule has 0 bridgehead atoms. The van der Waals surface area contributed by atoms with Gasteiger partial charge in [-0.05, 0) is 115 Å². The van der Waals surface area contributed by atoms with Crippen molar-refractivity contribution in [3.05, 3.63) is 206 Å². The Labute approximate surface area is 334 Å². The van der Waals surface area contributed by atoms with Crippen LogP contribution in [0, 0.1) is 0 Å². The van der Waals surface area contributed by atoms with Crippen molar-refractivity contribution in [1.82, 2.24) is 0 Å². The summed E-state index contributed by atoms with van der Waals surface area (Å²) < 4.78 is 5.31. The average Bonchev–Trinajstić information content (AvgIpc) is 3.84. The van der Waals surface area contributed by atoms with Gasteiger partial charge in [0, 0.05) is 40.3 Å². The number of thiophene rings is 2. The van der Waals surface area contributed by atoms with Crippen molar-refractivity contribution in [2.45, 2.75) is 0 Å². The molecule has 262 valence electrons. The third-order valence-electron chi connectivity index (χ3n) is 11.1. The molecule has 11 rings (SSSR count). The lowest BCUT2D eigenvalue weighted by Crippen LogP contribution is -1.87. The molecular formula is C54H34S2. The Kier molecular flexibility index (Phi) is 7.98. The summed E-state index contributed by atoms with van der Waals surface area (Å²) in [4.78, 5) is 0. The van der Waals surface area contributed by atoms with Crippen LogP contribution in [0.2, 0.25) is 0 Å². The minimum absolute atomic E-state index is 1.20. The first-order valence-corrected chi connectivity index (χ1v) is 20.7. The molecule has 0 fully saturated rings. The normalized spacial score (nSPS) is 11.6. The van der Waals surface area contributed by atoms with Crippen LogP contribution in [0.25, 0.3) is 107 Å². The van der Waals surface area contributed by atoms with Gasteiger partial charge >= 0.3 is 0 Å². The molecule has 0 nitrogen and oxygen atoms in total. The minimum Gasteiger partial charge on any atom is -0.135 e. The summed E-state index contributed by atoms with van der Waals surface area (Å²) in [6.07, 6.45) is 0. The highest BCUT2D eigenvalue weighted by Crippen LogP contribution is 2.40. The third kappa shape index (κ3) is 5.92. The van der Waals surface area contributed by atoms with E-state index in [2.05, 4.69) is 206 Å². The van der Waals surface area contributed by atoms with Crippen LogP contribution in [0.1, 0.15) is 0 Å². The topological polar surface area (TPSA) is 0 Å². The van der Waals surface area contributed by atoms with Crippen LogP contribution in [0.3, 0.4) is 0 Å². The fourth-order valence-corrected chi connectivity index (χ4v) is 10.4. The molecule has 0 atom stereocenters. The molecule has 0 unspecified atom stereocenters. The maximum atomic E-state index is 2.37. The van der Waals surface area contributed by atoms with E-state index in [9.17, 15) is 0 Å². The van der Waals surface area contributed by atoms with E-state index in [0.29, 0.717) is 0 Å². The molecule has 11 aromatic rings. The molecule has 2 heteroatoms. The SMILES string of the molecule is c1ccc(-c2ccc(-c3cc(-c4ccc(-c5cccc(-c6ccc7c(c6)sc6ccccc67)c5)cc4)cc(-c4ccc5c(c4)sc4ccccc45)c3)cc2)cc1. The van der Waals surface area contributed by atoms with E-state index in [1.54, 1.807) is 0 Å². The van der Waals surface area contributed by atoms with Crippen molar-refractivity contribution in [1.29, 1.82) is 0 Å². The van der Waals surface area contributed by atoms with Crippen molar-refractivity contribution in [3.8, 4) is 66.8 Å². The smallest absolute Gasteiger partial charge is 0.0361 e. The van der Waals surface area contributed by atoms with Gasteiger partial charge in [-0.1, -0.05) is 158 Å². The van der Waals surface area contributed by atoms with E-state index in [-0.39, 0.29) is 0 Å². The van der Waals surface area contributed by atoms with Gasteiger partial charge in [-0.15, -0.1) is 22.7 Å². The van der Waals surface area contributed by atoms with Gasteiger partial charge in [0.2, 0.25) is 0 Å². The zero-order valence-corrected chi connectivity index (χ0v) is 32.1. The molecule has 56 heavy (non-hydrogen) atoms. The molecule has 0 saturated carbocycles. The largest absolute Gasteiger partial charge is 0.135 e. The number of rotatable bonds is 6. The first-order valence-electron chi connectivity index (χ1n) is 19.1. The van der Waals surface area contributed by atoms with Crippen LogP contribution < -0.4 is 0 Å². The van der Waals surface area contributed by atoms with Gasteiger partial charge in [0.15, 0.2) is 0 Å². The Balaban J connectivity index is 0.962. The van der Waals surface area contributed by atoms with Gasteiger partial charge in [0.05, 0.1) is 0 Å². The van der Waals surface area contributed by atoms with Crippen LogP contribution in [-0.4, -0.2) is 0 Å². The maximum absolute atomic E-state index is 2.37. The Bertz CT molecular complexity index is 3220. The summed E-state index contributed by atoms with van der Waals surface area (Å²) in [6, 6.07) is 76.0. The van der Waals surface area contributed by atoms with Gasteiger partial charge < -0.3 is 0 Å². The Morgan fingerprint density at radius 1 is 0.179 bits per heavy atom. The van der Waals surface area contributed by atoms with Crippen molar-refractivity contribution in [2.24, 2.45) is 0 Å². The van der Waals surface area contributed by atoms with Gasteiger partial charge in [-0.3, -0.25) is 0 Å². The molecule has 0 amide bonds. The standard InChI is InChI=1S/C54H34S2/c1-2-9-35(10-3-1)36-17-21-38(22-18-36)44-30-45(32-46(31-44)43-26-28-50-48-14-5-7-16-52(48)56-54(50)34-43)39-23-19-37(20-24-39)40-11-8-12-41(29-40)42-25-27-49-47-13-4-6-15-51(47)55-53(49)33-42/h1-34H. The molecule has 0 aliphatic heterocycles. The lowest BCUT2D eigenvalue weighted by atomic mass is 9.91. The first kappa shape index (κ1) is 32.8. The fraction of sp³-hybridized carbons (Fsp3) is 0. The minimum atomic E-state index is 1.20. The van der Waals surface area contributed by atoms with Gasteiger partial charge in [-0.25, -0.2) is 0 Å². The van der Waals surface area contributed by atoms with Crippen molar-refractivity contribution in [3.63, 3.8) is 0 Å². The lowest BCUT2D eigenvalue weighted by molar-refractivity contribution is 1.56. The molecule has 0 spiro atoms. The molecule has 2 aromatic heterocycles. The monoisotopic (exact) mass is 746 g/mol. The molecule has 0 radical (unpaired) electrons. The number of hydrogen-bond acceptors (Lipinski definition) is 2. The second kappa shape index (κ2) is 13.6. The number of benzene rings is 9. The molecule has 0 N–H and O–H groups in total. The van der Waals surface area contributed by atoms with Gasteiger partial charge in [0.25, 0.3) is 0 Å². The quantitative estimate of drug-likeness (QED) is 0.159.